The number of hydrogen-bond acceptors (Lipinski definition) is 0. The largest absolute Gasteiger partial charge is 0.0683 e. The molecule has 114 valence electrons. The van der Waals surface area contributed by atoms with Crippen molar-refractivity contribution in [2.24, 2.45) is 23.7 Å². The molecule has 0 saturated heterocycles. The molecular formula is C19H38. The lowest BCUT2D eigenvalue weighted by Crippen LogP contribution is -2.25. The van der Waals surface area contributed by atoms with Crippen LogP contribution >= 0.6 is 0 Å². The fourth-order valence-electron chi connectivity index (χ4n) is 4.42. The molecule has 0 atom stereocenters. The summed E-state index contributed by atoms with van der Waals surface area (Å²) in [5.74, 6) is 4.38. The second-order valence-electron chi connectivity index (χ2n) is 6.76. The first-order valence-electron chi connectivity index (χ1n) is 9.33. The minimum Gasteiger partial charge on any atom is -0.0683 e. The molecule has 0 heteroatoms. The second kappa shape index (κ2) is 9.83. The molecule has 0 aliphatic heterocycles. The fraction of sp³-hybridized carbons (Fsp3) is 1.00. The third kappa shape index (κ3) is 5.48. The molecule has 0 aromatic carbocycles. The topological polar surface area (TPSA) is 0 Å². The number of rotatable bonds is 4. The molecule has 2 saturated carbocycles. The summed E-state index contributed by atoms with van der Waals surface area (Å²) in [5.41, 5.74) is 0. The van der Waals surface area contributed by atoms with Gasteiger partial charge < -0.3 is 0 Å². The van der Waals surface area contributed by atoms with E-state index in [1.165, 1.54) is 32.1 Å². The minimum atomic E-state index is 1.07. The lowest BCUT2D eigenvalue weighted by atomic mass is 9.68. The highest BCUT2D eigenvalue weighted by atomic mass is 14.4. The highest BCUT2D eigenvalue weighted by Gasteiger charge is 2.29. The Morgan fingerprint density at radius 3 is 1.42 bits per heavy atom. The van der Waals surface area contributed by atoms with Gasteiger partial charge in [0.25, 0.3) is 0 Å². The standard InChI is InChI=1S/C17H32.C2H6/c1-3-5-15-8-12-17(13-9-15)16-10-6-14(4-2)7-11-16;1-2/h14-17H,3-13H2,1-2H3;1-2H3. The van der Waals surface area contributed by atoms with Crippen molar-refractivity contribution in [1.82, 2.24) is 0 Å². The van der Waals surface area contributed by atoms with Crippen LogP contribution in [-0.2, 0) is 0 Å². The summed E-state index contributed by atoms with van der Waals surface area (Å²) in [6, 6.07) is 0. The third-order valence-electron chi connectivity index (χ3n) is 5.72. The smallest absolute Gasteiger partial charge is 0.0386 e. The van der Waals surface area contributed by atoms with E-state index in [1.807, 2.05) is 13.8 Å². The molecule has 2 fully saturated rings. The van der Waals surface area contributed by atoms with Gasteiger partial charge in [0.05, 0.1) is 0 Å². The van der Waals surface area contributed by atoms with Gasteiger partial charge >= 0.3 is 0 Å². The molecule has 0 amide bonds. The van der Waals surface area contributed by atoms with Crippen molar-refractivity contribution >= 4 is 0 Å². The Bertz CT molecular complexity index is 192. The molecule has 0 aromatic heterocycles. The summed E-state index contributed by atoms with van der Waals surface area (Å²) in [5, 5.41) is 0. The zero-order valence-corrected chi connectivity index (χ0v) is 14.1. The molecule has 19 heavy (non-hydrogen) atoms. The van der Waals surface area contributed by atoms with Gasteiger partial charge in [0, 0.05) is 0 Å². The van der Waals surface area contributed by atoms with Crippen molar-refractivity contribution in [3.05, 3.63) is 0 Å². The van der Waals surface area contributed by atoms with E-state index >= 15 is 0 Å². The van der Waals surface area contributed by atoms with Gasteiger partial charge in [-0.15, -0.1) is 0 Å². The Balaban J connectivity index is 0.000000861. The second-order valence-corrected chi connectivity index (χ2v) is 6.76. The first-order chi connectivity index (χ1) is 9.33. The summed E-state index contributed by atoms with van der Waals surface area (Å²) in [4.78, 5) is 0. The summed E-state index contributed by atoms with van der Waals surface area (Å²) in [6.07, 6.45) is 16.7. The van der Waals surface area contributed by atoms with Crippen molar-refractivity contribution in [2.75, 3.05) is 0 Å². The van der Waals surface area contributed by atoms with Crippen LogP contribution in [0.3, 0.4) is 0 Å². The lowest BCUT2D eigenvalue weighted by molar-refractivity contribution is 0.142. The quantitative estimate of drug-likeness (QED) is 0.523. The summed E-state index contributed by atoms with van der Waals surface area (Å²) >= 11 is 0. The molecule has 0 bridgehead atoms. The SMILES string of the molecule is CC.CCCC1CCC(C2CCC(CC)CC2)CC1. The Morgan fingerprint density at radius 1 is 0.632 bits per heavy atom. The molecule has 0 unspecified atom stereocenters. The van der Waals surface area contributed by atoms with Gasteiger partial charge in [-0.25, -0.2) is 0 Å². The summed E-state index contributed by atoms with van der Waals surface area (Å²) in [7, 11) is 0. The third-order valence-corrected chi connectivity index (χ3v) is 5.72. The van der Waals surface area contributed by atoms with Crippen LogP contribution in [-0.4, -0.2) is 0 Å². The van der Waals surface area contributed by atoms with Crippen LogP contribution in [0.5, 0.6) is 0 Å². The molecule has 2 aliphatic carbocycles. The van der Waals surface area contributed by atoms with Crippen LogP contribution in [0.2, 0.25) is 0 Å². The molecule has 0 nitrogen and oxygen atoms in total. The average Bonchev–Trinajstić information content (AvgIpc) is 2.51. The normalized spacial score (nSPS) is 35.4. The van der Waals surface area contributed by atoms with E-state index in [-0.39, 0.29) is 0 Å². The van der Waals surface area contributed by atoms with E-state index in [4.69, 9.17) is 0 Å². The van der Waals surface area contributed by atoms with Gasteiger partial charge in [0.15, 0.2) is 0 Å². The fourth-order valence-corrected chi connectivity index (χ4v) is 4.42. The average molecular weight is 267 g/mol. The maximum absolute atomic E-state index is 2.38. The molecular weight excluding hydrogens is 228 g/mol. The molecule has 2 aliphatic rings. The van der Waals surface area contributed by atoms with Crippen molar-refractivity contribution < 1.29 is 0 Å². The maximum Gasteiger partial charge on any atom is -0.0386 e. The van der Waals surface area contributed by atoms with Crippen LogP contribution in [0.1, 0.15) is 98.3 Å². The molecule has 2 rings (SSSR count). The Labute approximate surface area is 122 Å². The van der Waals surface area contributed by atoms with Crippen LogP contribution in [0.4, 0.5) is 0 Å². The van der Waals surface area contributed by atoms with Crippen molar-refractivity contribution in [3.63, 3.8) is 0 Å². The van der Waals surface area contributed by atoms with Crippen LogP contribution < -0.4 is 0 Å². The molecule has 0 N–H and O–H groups in total. The Hall–Kier alpha value is 0. The first kappa shape index (κ1) is 17.1. The predicted octanol–water partition coefficient (Wildman–Crippen LogP) is 6.84. The highest BCUT2D eigenvalue weighted by Crippen LogP contribution is 2.42. The van der Waals surface area contributed by atoms with Gasteiger partial charge in [-0.05, 0) is 49.4 Å². The van der Waals surface area contributed by atoms with Gasteiger partial charge in [-0.2, -0.15) is 0 Å². The van der Waals surface area contributed by atoms with E-state index in [0.717, 1.165) is 23.7 Å². The lowest BCUT2D eigenvalue weighted by Gasteiger charge is -2.37. The van der Waals surface area contributed by atoms with Crippen LogP contribution in [0.15, 0.2) is 0 Å². The van der Waals surface area contributed by atoms with Crippen molar-refractivity contribution in [3.8, 4) is 0 Å². The summed E-state index contributed by atoms with van der Waals surface area (Å²) < 4.78 is 0. The van der Waals surface area contributed by atoms with E-state index in [9.17, 15) is 0 Å². The monoisotopic (exact) mass is 266 g/mol. The number of hydrogen-bond donors (Lipinski definition) is 0. The van der Waals surface area contributed by atoms with Gasteiger partial charge in [-0.1, -0.05) is 72.6 Å². The molecule has 0 spiro atoms. The minimum absolute atomic E-state index is 1.07. The van der Waals surface area contributed by atoms with Crippen molar-refractivity contribution in [2.45, 2.75) is 98.3 Å². The Kier molecular flexibility index (Phi) is 8.83. The van der Waals surface area contributed by atoms with Crippen molar-refractivity contribution in [1.29, 1.82) is 0 Å². The van der Waals surface area contributed by atoms with E-state index in [2.05, 4.69) is 13.8 Å². The van der Waals surface area contributed by atoms with Gasteiger partial charge in [0.1, 0.15) is 0 Å². The summed E-state index contributed by atoms with van der Waals surface area (Å²) in [6.45, 7) is 8.72. The molecule has 0 aromatic rings. The van der Waals surface area contributed by atoms with E-state index in [1.54, 1.807) is 38.5 Å². The Morgan fingerprint density at radius 2 is 1.05 bits per heavy atom. The van der Waals surface area contributed by atoms with E-state index < -0.39 is 0 Å². The molecule has 0 radical (unpaired) electrons. The molecule has 0 heterocycles. The predicted molar refractivity (Wildman–Crippen MR) is 87.4 cm³/mol. The zero-order chi connectivity index (χ0) is 14.1. The highest BCUT2D eigenvalue weighted by molar-refractivity contribution is 4.81. The maximum atomic E-state index is 2.38. The first-order valence-corrected chi connectivity index (χ1v) is 9.33. The van der Waals surface area contributed by atoms with Crippen LogP contribution in [0.25, 0.3) is 0 Å². The van der Waals surface area contributed by atoms with E-state index in [0.29, 0.717) is 0 Å². The van der Waals surface area contributed by atoms with Gasteiger partial charge in [0.2, 0.25) is 0 Å². The zero-order valence-electron chi connectivity index (χ0n) is 14.1. The van der Waals surface area contributed by atoms with Crippen LogP contribution in [0, 0.1) is 23.7 Å². The van der Waals surface area contributed by atoms with Gasteiger partial charge in [-0.3, -0.25) is 0 Å².